The molecule has 3 rings (SSSR count). The summed E-state index contributed by atoms with van der Waals surface area (Å²) in [6.07, 6.45) is 2.86. The molecule has 0 aliphatic carbocycles. The summed E-state index contributed by atoms with van der Waals surface area (Å²) in [5.41, 5.74) is -0.758. The first-order valence-corrected chi connectivity index (χ1v) is 9.25. The van der Waals surface area contributed by atoms with E-state index in [1.165, 1.54) is 17.3 Å². The number of sulfone groups is 1. The van der Waals surface area contributed by atoms with Crippen molar-refractivity contribution in [3.8, 4) is 0 Å². The van der Waals surface area contributed by atoms with Gasteiger partial charge in [-0.25, -0.2) is 18.2 Å². The van der Waals surface area contributed by atoms with Crippen LogP contribution in [0.2, 0.25) is 0 Å². The van der Waals surface area contributed by atoms with Crippen LogP contribution in [-0.2, 0) is 21.1 Å². The number of aromatic nitrogens is 3. The zero-order valence-corrected chi connectivity index (χ0v) is 14.0. The van der Waals surface area contributed by atoms with Crippen molar-refractivity contribution >= 4 is 15.9 Å². The number of hydrogen-bond acceptors (Lipinski definition) is 6. The first-order chi connectivity index (χ1) is 10.8. The van der Waals surface area contributed by atoms with Gasteiger partial charge in [0.25, 0.3) is 0 Å². The molecule has 23 heavy (non-hydrogen) atoms. The van der Waals surface area contributed by atoms with E-state index in [1.807, 2.05) is 13.8 Å². The fraction of sp³-hybridized carbons (Fsp3) is 0.769. The number of urea groups is 1. The van der Waals surface area contributed by atoms with Crippen molar-refractivity contribution in [1.82, 2.24) is 25.0 Å². The van der Waals surface area contributed by atoms with E-state index in [9.17, 15) is 13.2 Å². The van der Waals surface area contributed by atoms with Gasteiger partial charge >= 0.3 is 6.03 Å². The summed E-state index contributed by atoms with van der Waals surface area (Å²) in [6.45, 7) is 4.72. The van der Waals surface area contributed by atoms with Crippen LogP contribution in [0, 0.1) is 0 Å². The van der Waals surface area contributed by atoms with Crippen molar-refractivity contribution < 1.29 is 17.9 Å². The smallest absolute Gasteiger partial charge is 0.317 e. The summed E-state index contributed by atoms with van der Waals surface area (Å²) in [4.78, 5) is 17.3. The molecule has 2 aliphatic heterocycles. The third-order valence-corrected chi connectivity index (χ3v) is 6.29. The van der Waals surface area contributed by atoms with Gasteiger partial charge in [0, 0.05) is 6.04 Å². The van der Waals surface area contributed by atoms with Crippen LogP contribution in [0.15, 0.2) is 12.7 Å². The molecule has 0 unspecified atom stereocenters. The fourth-order valence-electron chi connectivity index (χ4n) is 2.92. The number of ether oxygens (including phenoxy) is 1. The highest BCUT2D eigenvalue weighted by Gasteiger charge is 2.53. The molecule has 2 fully saturated rings. The summed E-state index contributed by atoms with van der Waals surface area (Å²) in [6, 6.07) is -0.140. The third-order valence-electron chi connectivity index (χ3n) is 4.06. The molecule has 0 bridgehead atoms. The predicted octanol–water partition coefficient (Wildman–Crippen LogP) is -0.736. The Morgan fingerprint density at radius 3 is 2.78 bits per heavy atom. The maximum absolute atomic E-state index is 12.5. The van der Waals surface area contributed by atoms with Crippen molar-refractivity contribution in [2.45, 2.75) is 37.3 Å². The highest BCUT2D eigenvalue weighted by molar-refractivity contribution is 7.92. The molecule has 2 aliphatic rings. The van der Waals surface area contributed by atoms with Crippen LogP contribution in [0.3, 0.4) is 0 Å². The van der Waals surface area contributed by atoms with Crippen LogP contribution in [0.25, 0.3) is 0 Å². The summed E-state index contributed by atoms with van der Waals surface area (Å²) in [5.74, 6) is -0.0647. The number of carbonyl (C=O) groups excluding carboxylic acids is 1. The fourth-order valence-corrected chi connectivity index (χ4v) is 4.81. The molecule has 1 N–H and O–H groups in total. The van der Waals surface area contributed by atoms with Gasteiger partial charge < -0.3 is 15.0 Å². The van der Waals surface area contributed by atoms with Gasteiger partial charge in [-0.15, -0.1) is 0 Å². The summed E-state index contributed by atoms with van der Waals surface area (Å²) in [7, 11) is -3.31. The Bertz CT molecular complexity index is 667. The second kappa shape index (κ2) is 5.75. The van der Waals surface area contributed by atoms with E-state index in [2.05, 4.69) is 15.4 Å². The zero-order valence-electron chi connectivity index (χ0n) is 13.2. The predicted molar refractivity (Wildman–Crippen MR) is 81.5 cm³/mol. The van der Waals surface area contributed by atoms with Gasteiger partial charge in [-0.1, -0.05) is 0 Å². The molecule has 0 aromatic carbocycles. The topological polar surface area (TPSA) is 106 Å². The number of nitrogens with zero attached hydrogens (tertiary/aromatic N) is 4. The Morgan fingerprint density at radius 1 is 1.48 bits per heavy atom. The third kappa shape index (κ3) is 3.32. The first-order valence-electron chi connectivity index (χ1n) is 7.53. The van der Waals surface area contributed by atoms with Crippen molar-refractivity contribution in [3.05, 3.63) is 12.7 Å². The van der Waals surface area contributed by atoms with Crippen molar-refractivity contribution in [3.63, 3.8) is 0 Å². The lowest BCUT2D eigenvalue weighted by molar-refractivity contribution is -0.118. The van der Waals surface area contributed by atoms with Gasteiger partial charge in [-0.3, -0.25) is 4.68 Å². The number of nitrogens with one attached hydrogen (secondary N) is 1. The molecule has 0 radical (unpaired) electrons. The molecule has 3 heterocycles. The second-order valence-corrected chi connectivity index (χ2v) is 8.78. The van der Waals surface area contributed by atoms with Crippen LogP contribution in [0.5, 0.6) is 0 Å². The average molecular weight is 343 g/mol. The van der Waals surface area contributed by atoms with E-state index in [-0.39, 0.29) is 31.0 Å². The van der Waals surface area contributed by atoms with Gasteiger partial charge in [0.2, 0.25) is 0 Å². The monoisotopic (exact) mass is 343 g/mol. The Morgan fingerprint density at radius 2 is 2.22 bits per heavy atom. The van der Waals surface area contributed by atoms with Crippen LogP contribution in [0.4, 0.5) is 4.79 Å². The van der Waals surface area contributed by atoms with Gasteiger partial charge in [0.05, 0.1) is 32.0 Å². The number of amides is 2. The van der Waals surface area contributed by atoms with E-state index < -0.39 is 20.7 Å². The second-order valence-electron chi connectivity index (χ2n) is 6.50. The molecule has 1 aromatic heterocycles. The number of hydrogen-bond donors (Lipinski definition) is 1. The summed E-state index contributed by atoms with van der Waals surface area (Å²) >= 11 is 0. The van der Waals surface area contributed by atoms with E-state index in [0.29, 0.717) is 13.1 Å². The average Bonchev–Trinajstić information content (AvgIpc) is 2.90. The molecule has 10 heteroatoms. The molecule has 9 nitrogen and oxygen atoms in total. The minimum absolute atomic E-state index is 0.0436. The maximum atomic E-state index is 12.5. The van der Waals surface area contributed by atoms with Gasteiger partial charge in [-0.2, -0.15) is 5.10 Å². The van der Waals surface area contributed by atoms with Crippen LogP contribution in [0.1, 0.15) is 13.8 Å². The first kappa shape index (κ1) is 16.2. The van der Waals surface area contributed by atoms with E-state index in [1.54, 1.807) is 4.90 Å². The number of carbonyl (C=O) groups is 1. The Labute approximate surface area is 134 Å². The van der Waals surface area contributed by atoms with Crippen LogP contribution >= 0.6 is 0 Å². The minimum Gasteiger partial charge on any atom is -0.369 e. The molecule has 2 amide bonds. The van der Waals surface area contributed by atoms with E-state index in [0.717, 1.165) is 0 Å². The van der Waals surface area contributed by atoms with Crippen LogP contribution < -0.4 is 5.32 Å². The lowest BCUT2D eigenvalue weighted by Crippen LogP contribution is -2.72. The Hall–Kier alpha value is -1.68. The van der Waals surface area contributed by atoms with E-state index >= 15 is 0 Å². The van der Waals surface area contributed by atoms with Crippen molar-refractivity contribution in [2.24, 2.45) is 0 Å². The summed E-state index contributed by atoms with van der Waals surface area (Å²) in [5, 5.41) is 6.09. The highest BCUT2D eigenvalue weighted by Crippen LogP contribution is 2.33. The lowest BCUT2D eigenvalue weighted by Gasteiger charge is -2.52. The highest BCUT2D eigenvalue weighted by atomic mass is 32.2. The molecule has 1 aromatic rings. The molecule has 1 spiro atoms. The molecule has 2 saturated heterocycles. The zero-order chi connectivity index (χ0) is 16.7. The number of likely N-dealkylation sites (tertiary alicyclic amines) is 1. The molecule has 128 valence electrons. The van der Waals surface area contributed by atoms with Crippen molar-refractivity contribution in [1.29, 1.82) is 0 Å². The van der Waals surface area contributed by atoms with E-state index in [4.69, 9.17) is 4.74 Å². The largest absolute Gasteiger partial charge is 0.369 e. The van der Waals surface area contributed by atoms with Gasteiger partial charge in [-0.05, 0) is 13.8 Å². The molecule has 1 atom stereocenters. The van der Waals surface area contributed by atoms with Crippen molar-refractivity contribution in [2.75, 3.05) is 25.4 Å². The van der Waals surface area contributed by atoms with Crippen LogP contribution in [-0.4, -0.2) is 76.5 Å². The van der Waals surface area contributed by atoms with Gasteiger partial charge in [0.15, 0.2) is 9.84 Å². The quantitative estimate of drug-likeness (QED) is 0.775. The Kier molecular flexibility index (Phi) is 4.05. The van der Waals surface area contributed by atoms with Gasteiger partial charge in [0.1, 0.15) is 23.5 Å². The standard InChI is InChI=1S/C13H21N5O4S/c1-10(2)16-12(19)17-5-13(6-17)7-23(20,21)11(4-22-13)3-18-9-14-8-15-18/h8-11H,3-7H2,1-2H3,(H,16,19)/t11-/m0/s1. The number of rotatable bonds is 3. The Balaban J connectivity index is 1.59. The molecular formula is C13H21N5O4S. The molecule has 0 saturated carbocycles. The summed E-state index contributed by atoms with van der Waals surface area (Å²) < 4.78 is 32.3. The minimum atomic E-state index is -3.31. The molecular weight excluding hydrogens is 322 g/mol. The maximum Gasteiger partial charge on any atom is 0.317 e. The SMILES string of the molecule is CC(C)NC(=O)N1CC2(C1)CS(=O)(=O)[C@@H](Cn1cncn1)CO2. The normalized spacial score (nSPS) is 25.3. The lowest BCUT2D eigenvalue weighted by atomic mass is 9.96.